The zero-order valence-electron chi connectivity index (χ0n) is 12.2. The molecule has 7 heteroatoms. The number of amides is 1. The highest BCUT2D eigenvalue weighted by molar-refractivity contribution is 7.89. The molecular formula is C14H20N2O4S. The topological polar surface area (TPSA) is 89.7 Å². The quantitative estimate of drug-likeness (QED) is 0.855. The van der Waals surface area contributed by atoms with Gasteiger partial charge in [-0.25, -0.2) is 13.6 Å². The van der Waals surface area contributed by atoms with Crippen LogP contribution in [0.4, 0.5) is 0 Å². The molecule has 0 bridgehead atoms. The first-order chi connectivity index (χ1) is 9.86. The number of rotatable bonds is 6. The number of methoxy groups -OCH3 is 1. The van der Waals surface area contributed by atoms with E-state index in [0.717, 1.165) is 12.8 Å². The van der Waals surface area contributed by atoms with Gasteiger partial charge in [-0.15, -0.1) is 0 Å². The maximum atomic E-state index is 12.5. The Hall–Kier alpha value is -1.60. The number of carbonyl (C=O) groups is 1. The Balaban J connectivity index is 2.32. The average Bonchev–Trinajstić information content (AvgIpc) is 3.26. The van der Waals surface area contributed by atoms with Gasteiger partial charge in [-0.05, 0) is 43.9 Å². The van der Waals surface area contributed by atoms with Crippen LogP contribution in [0.5, 0.6) is 5.75 Å². The van der Waals surface area contributed by atoms with Crippen molar-refractivity contribution < 1.29 is 17.9 Å². The number of benzene rings is 1. The molecule has 116 valence electrons. The molecule has 0 aliphatic heterocycles. The maximum Gasteiger partial charge on any atom is 0.253 e. The zero-order valence-corrected chi connectivity index (χ0v) is 13.0. The monoisotopic (exact) mass is 312 g/mol. The minimum atomic E-state index is -3.94. The summed E-state index contributed by atoms with van der Waals surface area (Å²) in [5, 5.41) is 5.17. The Bertz CT molecular complexity index is 638. The molecule has 0 heterocycles. The summed E-state index contributed by atoms with van der Waals surface area (Å²) in [7, 11) is -2.58. The Morgan fingerprint density at radius 3 is 2.57 bits per heavy atom. The van der Waals surface area contributed by atoms with E-state index in [1.54, 1.807) is 11.0 Å². The minimum absolute atomic E-state index is 0.138. The molecule has 1 fully saturated rings. The second kappa shape index (κ2) is 6.03. The first kappa shape index (κ1) is 15.8. The fourth-order valence-electron chi connectivity index (χ4n) is 2.18. The molecule has 0 radical (unpaired) electrons. The van der Waals surface area contributed by atoms with E-state index in [1.807, 2.05) is 6.92 Å². The molecule has 21 heavy (non-hydrogen) atoms. The van der Waals surface area contributed by atoms with E-state index in [1.165, 1.54) is 19.2 Å². The fraction of sp³-hybridized carbons (Fsp3) is 0.500. The van der Waals surface area contributed by atoms with Gasteiger partial charge < -0.3 is 9.64 Å². The number of primary sulfonamides is 1. The largest absolute Gasteiger partial charge is 0.495 e. The van der Waals surface area contributed by atoms with Gasteiger partial charge in [0.15, 0.2) is 0 Å². The second-order valence-electron chi connectivity index (χ2n) is 5.20. The van der Waals surface area contributed by atoms with Gasteiger partial charge in [-0.3, -0.25) is 4.79 Å². The van der Waals surface area contributed by atoms with Crippen LogP contribution in [0.3, 0.4) is 0 Å². The van der Waals surface area contributed by atoms with Gasteiger partial charge in [0.2, 0.25) is 10.0 Å². The van der Waals surface area contributed by atoms with Crippen molar-refractivity contribution in [3.63, 3.8) is 0 Å². The third-order valence-electron chi connectivity index (χ3n) is 3.56. The summed E-state index contributed by atoms with van der Waals surface area (Å²) >= 11 is 0. The summed E-state index contributed by atoms with van der Waals surface area (Å²) < 4.78 is 28.2. The van der Waals surface area contributed by atoms with E-state index in [4.69, 9.17) is 9.88 Å². The fourth-order valence-corrected chi connectivity index (χ4v) is 2.91. The lowest BCUT2D eigenvalue weighted by molar-refractivity contribution is 0.0756. The van der Waals surface area contributed by atoms with Crippen LogP contribution in [0.25, 0.3) is 0 Å². The predicted molar refractivity (Wildman–Crippen MR) is 78.7 cm³/mol. The first-order valence-electron chi connectivity index (χ1n) is 6.87. The standard InChI is InChI=1S/C14H20N2O4S/c1-3-16(9-10-4-5-10)14(17)11-6-7-12(20-2)13(8-11)21(15,18)19/h6-8,10H,3-5,9H2,1-2H3,(H2,15,18,19). The van der Waals surface area contributed by atoms with E-state index < -0.39 is 10.0 Å². The Morgan fingerprint density at radius 2 is 2.10 bits per heavy atom. The highest BCUT2D eigenvalue weighted by Crippen LogP contribution is 2.30. The molecule has 1 saturated carbocycles. The van der Waals surface area contributed by atoms with Gasteiger partial charge >= 0.3 is 0 Å². The van der Waals surface area contributed by atoms with Gasteiger partial charge in [0.05, 0.1) is 7.11 Å². The van der Waals surface area contributed by atoms with Crippen LogP contribution in [0.15, 0.2) is 23.1 Å². The summed E-state index contributed by atoms with van der Waals surface area (Å²) in [5.41, 5.74) is 0.308. The predicted octanol–water partition coefficient (Wildman–Crippen LogP) is 1.21. The Labute approximate surface area is 124 Å². The number of nitrogens with zero attached hydrogens (tertiary/aromatic N) is 1. The van der Waals surface area contributed by atoms with Crippen LogP contribution in [-0.4, -0.2) is 39.4 Å². The molecule has 1 aliphatic rings. The molecule has 0 aromatic heterocycles. The molecule has 2 rings (SSSR count). The second-order valence-corrected chi connectivity index (χ2v) is 6.73. The SMILES string of the molecule is CCN(CC1CC1)C(=O)c1ccc(OC)c(S(N)(=O)=O)c1. The van der Waals surface area contributed by atoms with E-state index in [9.17, 15) is 13.2 Å². The van der Waals surface area contributed by atoms with Crippen LogP contribution in [-0.2, 0) is 10.0 Å². The molecule has 0 unspecified atom stereocenters. The van der Waals surface area contributed by atoms with Crippen LogP contribution >= 0.6 is 0 Å². The Kier molecular flexibility index (Phi) is 4.53. The van der Waals surface area contributed by atoms with Crippen LogP contribution in [0.1, 0.15) is 30.1 Å². The van der Waals surface area contributed by atoms with E-state index in [-0.39, 0.29) is 16.6 Å². The first-order valence-corrected chi connectivity index (χ1v) is 8.41. The number of hydrogen-bond acceptors (Lipinski definition) is 4. The molecular weight excluding hydrogens is 292 g/mol. The number of sulfonamides is 1. The molecule has 1 amide bonds. The van der Waals surface area contributed by atoms with Crippen molar-refractivity contribution >= 4 is 15.9 Å². The van der Waals surface area contributed by atoms with Gasteiger partial charge in [-0.1, -0.05) is 0 Å². The minimum Gasteiger partial charge on any atom is -0.495 e. The van der Waals surface area contributed by atoms with Gasteiger partial charge in [-0.2, -0.15) is 0 Å². The van der Waals surface area contributed by atoms with Gasteiger partial charge in [0, 0.05) is 18.7 Å². The van der Waals surface area contributed by atoms with Gasteiger partial charge in [0.25, 0.3) is 5.91 Å². The van der Waals surface area contributed by atoms with Crippen molar-refractivity contribution in [2.24, 2.45) is 11.1 Å². The van der Waals surface area contributed by atoms with E-state index in [2.05, 4.69) is 0 Å². The third kappa shape index (κ3) is 3.74. The number of hydrogen-bond donors (Lipinski definition) is 1. The van der Waals surface area contributed by atoms with Crippen molar-refractivity contribution in [2.45, 2.75) is 24.7 Å². The molecule has 6 nitrogen and oxygen atoms in total. The summed E-state index contributed by atoms with van der Waals surface area (Å²) in [6, 6.07) is 4.30. The van der Waals surface area contributed by atoms with Gasteiger partial charge in [0.1, 0.15) is 10.6 Å². The van der Waals surface area contributed by atoms with Crippen LogP contribution in [0, 0.1) is 5.92 Å². The summed E-state index contributed by atoms with van der Waals surface area (Å²) in [6.07, 6.45) is 2.30. The summed E-state index contributed by atoms with van der Waals surface area (Å²) in [4.78, 5) is 14.0. The number of nitrogens with two attached hydrogens (primary N) is 1. The summed E-state index contributed by atoms with van der Waals surface area (Å²) in [5.74, 6) is 0.529. The maximum absolute atomic E-state index is 12.5. The van der Waals surface area contributed by atoms with Crippen molar-refractivity contribution in [2.75, 3.05) is 20.2 Å². The number of carbonyl (C=O) groups excluding carboxylic acids is 1. The normalized spacial score (nSPS) is 14.8. The zero-order chi connectivity index (χ0) is 15.6. The van der Waals surface area contributed by atoms with Crippen molar-refractivity contribution in [1.82, 2.24) is 4.90 Å². The van der Waals surface area contributed by atoms with Crippen molar-refractivity contribution in [1.29, 1.82) is 0 Å². The highest BCUT2D eigenvalue weighted by atomic mass is 32.2. The molecule has 0 spiro atoms. The Morgan fingerprint density at radius 1 is 1.43 bits per heavy atom. The molecule has 1 aliphatic carbocycles. The molecule has 1 aromatic carbocycles. The van der Waals surface area contributed by atoms with E-state index >= 15 is 0 Å². The number of ether oxygens (including phenoxy) is 1. The van der Waals surface area contributed by atoms with Crippen LogP contribution < -0.4 is 9.88 Å². The molecule has 2 N–H and O–H groups in total. The lowest BCUT2D eigenvalue weighted by atomic mass is 10.2. The van der Waals surface area contributed by atoms with E-state index in [0.29, 0.717) is 24.6 Å². The van der Waals surface area contributed by atoms with Crippen LogP contribution in [0.2, 0.25) is 0 Å². The highest BCUT2D eigenvalue weighted by Gasteiger charge is 2.27. The average molecular weight is 312 g/mol. The smallest absolute Gasteiger partial charge is 0.253 e. The molecule has 0 atom stereocenters. The van der Waals surface area contributed by atoms with Crippen molar-refractivity contribution in [3.05, 3.63) is 23.8 Å². The lowest BCUT2D eigenvalue weighted by Crippen LogP contribution is -2.32. The summed E-state index contributed by atoms with van der Waals surface area (Å²) in [6.45, 7) is 3.21. The third-order valence-corrected chi connectivity index (χ3v) is 4.49. The molecule has 1 aromatic rings. The lowest BCUT2D eigenvalue weighted by Gasteiger charge is -2.21. The molecule has 0 saturated heterocycles. The van der Waals surface area contributed by atoms with Crippen molar-refractivity contribution in [3.8, 4) is 5.75 Å².